The van der Waals surface area contributed by atoms with Gasteiger partial charge in [0.25, 0.3) is 5.56 Å². The lowest BCUT2D eigenvalue weighted by Crippen LogP contribution is -2.43. The molecule has 1 aromatic carbocycles. The molecule has 138 valence electrons. The van der Waals surface area contributed by atoms with Crippen molar-refractivity contribution in [3.05, 3.63) is 39.4 Å². The minimum absolute atomic E-state index is 0.335. The molecule has 0 unspecified atom stereocenters. The van der Waals surface area contributed by atoms with Crippen LogP contribution < -0.4 is 5.56 Å². The highest BCUT2D eigenvalue weighted by atomic mass is 79.9. The number of ether oxygens (including phenoxy) is 2. The van der Waals surface area contributed by atoms with E-state index < -0.39 is 36.5 Å². The van der Waals surface area contributed by atoms with Crippen LogP contribution in [0.1, 0.15) is 0 Å². The number of hydrogen-bond donors (Lipinski definition) is 0. The summed E-state index contributed by atoms with van der Waals surface area (Å²) in [4.78, 5) is 53.1. The van der Waals surface area contributed by atoms with Crippen LogP contribution in [0.5, 0.6) is 0 Å². The second-order valence-corrected chi connectivity index (χ2v) is 6.16. The zero-order valence-corrected chi connectivity index (χ0v) is 15.7. The van der Waals surface area contributed by atoms with Gasteiger partial charge in [-0.3, -0.25) is 23.7 Å². The molecule has 1 aromatic heterocycles. The Balaban J connectivity index is 2.28. The van der Waals surface area contributed by atoms with Gasteiger partial charge >= 0.3 is 11.9 Å². The summed E-state index contributed by atoms with van der Waals surface area (Å²) < 4.78 is 10.8. The molecule has 2 rings (SSSR count). The van der Waals surface area contributed by atoms with Gasteiger partial charge in [0, 0.05) is 4.47 Å². The van der Waals surface area contributed by atoms with Crippen LogP contribution >= 0.6 is 15.9 Å². The van der Waals surface area contributed by atoms with Crippen LogP contribution in [0.4, 0.5) is 0 Å². The van der Waals surface area contributed by atoms with Gasteiger partial charge in [0.1, 0.15) is 19.6 Å². The lowest BCUT2D eigenvalue weighted by atomic mass is 10.2. The number of rotatable bonds is 6. The minimum atomic E-state index is -0.699. The van der Waals surface area contributed by atoms with Crippen molar-refractivity contribution in [3.63, 3.8) is 0 Å². The Morgan fingerprint density at radius 1 is 1.15 bits per heavy atom. The lowest BCUT2D eigenvalue weighted by molar-refractivity contribution is -0.152. The average molecular weight is 426 g/mol. The van der Waals surface area contributed by atoms with Crippen LogP contribution in [-0.4, -0.2) is 59.6 Å². The molecule has 1 amide bonds. The van der Waals surface area contributed by atoms with Crippen molar-refractivity contribution in [3.8, 4) is 0 Å². The number of fused-ring (bicyclic) bond motifs is 1. The molecule has 0 atom stereocenters. The standard InChI is InChI=1S/C16H16BrN3O6/c1-25-14(22)7-19(8-15(23)26-2)13(21)6-20-9-18-12-4-3-10(17)5-11(12)16(20)24/h3-5,9H,6-8H2,1-2H3. The first kappa shape index (κ1) is 19.6. The van der Waals surface area contributed by atoms with Crippen LogP contribution in [0.25, 0.3) is 10.9 Å². The first-order chi connectivity index (χ1) is 12.3. The molecule has 0 aliphatic heterocycles. The fourth-order valence-electron chi connectivity index (χ4n) is 2.16. The topological polar surface area (TPSA) is 108 Å². The fraction of sp³-hybridized carbons (Fsp3) is 0.312. The van der Waals surface area contributed by atoms with E-state index in [0.29, 0.717) is 15.4 Å². The largest absolute Gasteiger partial charge is 0.468 e. The SMILES string of the molecule is COC(=O)CN(CC(=O)OC)C(=O)Cn1cnc2ccc(Br)cc2c1=O. The highest BCUT2D eigenvalue weighted by Gasteiger charge is 2.22. The third-order valence-corrected chi connectivity index (χ3v) is 4.03. The second kappa shape index (κ2) is 8.56. The van der Waals surface area contributed by atoms with Gasteiger partial charge in [0.2, 0.25) is 5.91 Å². The van der Waals surface area contributed by atoms with E-state index in [4.69, 9.17) is 0 Å². The Labute approximate surface area is 156 Å². The number of halogens is 1. The highest BCUT2D eigenvalue weighted by molar-refractivity contribution is 9.10. The number of hydrogen-bond acceptors (Lipinski definition) is 7. The smallest absolute Gasteiger partial charge is 0.325 e. The first-order valence-electron chi connectivity index (χ1n) is 7.41. The fourth-order valence-corrected chi connectivity index (χ4v) is 2.52. The number of carbonyl (C=O) groups is 3. The summed E-state index contributed by atoms with van der Waals surface area (Å²) in [6.07, 6.45) is 1.24. The van der Waals surface area contributed by atoms with Crippen molar-refractivity contribution >= 4 is 44.7 Å². The summed E-state index contributed by atoms with van der Waals surface area (Å²) >= 11 is 3.28. The maximum atomic E-state index is 12.5. The van der Waals surface area contributed by atoms with Gasteiger partial charge in [-0.2, -0.15) is 0 Å². The molecule has 0 N–H and O–H groups in total. The molecule has 0 saturated carbocycles. The Bertz CT molecular complexity index is 892. The minimum Gasteiger partial charge on any atom is -0.468 e. The summed E-state index contributed by atoms with van der Waals surface area (Å²) in [7, 11) is 2.33. The average Bonchev–Trinajstić information content (AvgIpc) is 2.63. The van der Waals surface area contributed by atoms with Crippen molar-refractivity contribution in [1.82, 2.24) is 14.5 Å². The molecule has 2 aromatic rings. The van der Waals surface area contributed by atoms with E-state index in [1.807, 2.05) is 0 Å². The molecule has 0 radical (unpaired) electrons. The van der Waals surface area contributed by atoms with Crippen LogP contribution in [0, 0.1) is 0 Å². The van der Waals surface area contributed by atoms with E-state index >= 15 is 0 Å². The van der Waals surface area contributed by atoms with E-state index in [-0.39, 0.29) is 6.54 Å². The normalized spacial score (nSPS) is 10.4. The van der Waals surface area contributed by atoms with Gasteiger partial charge in [-0.1, -0.05) is 15.9 Å². The van der Waals surface area contributed by atoms with Crippen molar-refractivity contribution in [2.45, 2.75) is 6.54 Å². The number of amides is 1. The zero-order chi connectivity index (χ0) is 19.3. The van der Waals surface area contributed by atoms with Gasteiger partial charge in [0.05, 0.1) is 31.4 Å². The Morgan fingerprint density at radius 2 is 1.77 bits per heavy atom. The first-order valence-corrected chi connectivity index (χ1v) is 8.21. The van der Waals surface area contributed by atoms with E-state index in [2.05, 4.69) is 30.4 Å². The summed E-state index contributed by atoms with van der Waals surface area (Å²) in [5.41, 5.74) is 0.0728. The molecule has 0 aliphatic rings. The number of methoxy groups -OCH3 is 2. The third kappa shape index (κ3) is 4.66. The number of esters is 2. The van der Waals surface area contributed by atoms with E-state index in [1.165, 1.54) is 20.5 Å². The number of nitrogens with zero attached hydrogens (tertiary/aromatic N) is 3. The Hall–Kier alpha value is -2.75. The van der Waals surface area contributed by atoms with Crippen molar-refractivity contribution in [2.24, 2.45) is 0 Å². The molecule has 0 bridgehead atoms. The summed E-state index contributed by atoms with van der Waals surface area (Å²) in [6.45, 7) is -1.26. The second-order valence-electron chi connectivity index (χ2n) is 5.24. The molecule has 10 heteroatoms. The van der Waals surface area contributed by atoms with Crippen molar-refractivity contribution in [1.29, 1.82) is 0 Å². The molecule has 1 heterocycles. The molecule has 26 heavy (non-hydrogen) atoms. The number of aromatic nitrogens is 2. The van der Waals surface area contributed by atoms with Crippen molar-refractivity contribution in [2.75, 3.05) is 27.3 Å². The highest BCUT2D eigenvalue weighted by Crippen LogP contribution is 2.14. The predicted octanol–water partition coefficient (Wildman–Crippen LogP) is 0.334. The van der Waals surface area contributed by atoms with Crippen molar-refractivity contribution < 1.29 is 23.9 Å². The molecular weight excluding hydrogens is 410 g/mol. The zero-order valence-electron chi connectivity index (χ0n) is 14.1. The molecule has 9 nitrogen and oxygen atoms in total. The molecular formula is C16H16BrN3O6. The van der Waals surface area contributed by atoms with Crippen LogP contribution in [-0.2, 0) is 30.4 Å². The van der Waals surface area contributed by atoms with E-state index in [9.17, 15) is 19.2 Å². The monoisotopic (exact) mass is 425 g/mol. The quantitative estimate of drug-likeness (QED) is 0.613. The Kier molecular flexibility index (Phi) is 6.45. The molecule has 0 fully saturated rings. The number of carbonyl (C=O) groups excluding carboxylic acids is 3. The van der Waals surface area contributed by atoms with E-state index in [0.717, 1.165) is 9.47 Å². The molecule has 0 spiro atoms. The van der Waals surface area contributed by atoms with Crippen LogP contribution in [0.15, 0.2) is 33.8 Å². The molecule has 0 saturated heterocycles. The summed E-state index contributed by atoms with van der Waals surface area (Å²) in [6, 6.07) is 5.03. The summed E-state index contributed by atoms with van der Waals surface area (Å²) in [5, 5.41) is 0.335. The van der Waals surface area contributed by atoms with E-state index in [1.54, 1.807) is 18.2 Å². The Morgan fingerprint density at radius 3 is 2.35 bits per heavy atom. The maximum absolute atomic E-state index is 12.5. The van der Waals surface area contributed by atoms with Crippen LogP contribution in [0.2, 0.25) is 0 Å². The van der Waals surface area contributed by atoms with Gasteiger partial charge < -0.3 is 14.4 Å². The lowest BCUT2D eigenvalue weighted by Gasteiger charge is -2.20. The van der Waals surface area contributed by atoms with Gasteiger partial charge in [-0.25, -0.2) is 4.98 Å². The predicted molar refractivity (Wildman–Crippen MR) is 94.3 cm³/mol. The summed E-state index contributed by atoms with van der Waals surface area (Å²) in [5.74, 6) is -2.02. The van der Waals surface area contributed by atoms with Gasteiger partial charge in [-0.15, -0.1) is 0 Å². The third-order valence-electron chi connectivity index (χ3n) is 3.54. The van der Waals surface area contributed by atoms with Crippen LogP contribution in [0.3, 0.4) is 0 Å². The molecule has 0 aliphatic carbocycles. The van der Waals surface area contributed by atoms with Gasteiger partial charge in [-0.05, 0) is 18.2 Å². The van der Waals surface area contributed by atoms with Gasteiger partial charge in [0.15, 0.2) is 0 Å². The maximum Gasteiger partial charge on any atom is 0.325 e. The number of benzene rings is 1.